The van der Waals surface area contributed by atoms with Gasteiger partial charge in [0.15, 0.2) is 0 Å². The quantitative estimate of drug-likeness (QED) is 0.367. The second-order valence-corrected chi connectivity index (χ2v) is 13.1. The Balaban J connectivity index is 1.36. The molecule has 1 saturated heterocycles. The predicted octanol–water partition coefficient (Wildman–Crippen LogP) is 2.53. The van der Waals surface area contributed by atoms with Crippen molar-refractivity contribution in [1.29, 1.82) is 0 Å². The van der Waals surface area contributed by atoms with E-state index in [4.69, 9.17) is 0 Å². The van der Waals surface area contributed by atoms with Gasteiger partial charge in [-0.1, -0.05) is 0 Å². The first kappa shape index (κ1) is 29.8. The van der Waals surface area contributed by atoms with Gasteiger partial charge >= 0.3 is 6.18 Å². The van der Waals surface area contributed by atoms with Crippen molar-refractivity contribution < 1.29 is 31.5 Å². The molecule has 226 valence electrons. The highest BCUT2D eigenvalue weighted by Gasteiger charge is 2.41. The average molecular weight is 609 g/mol. The number of nitrogens with zero attached hydrogens (tertiary/aromatic N) is 6. The third-order valence-electron chi connectivity index (χ3n) is 7.53. The lowest BCUT2D eigenvalue weighted by Gasteiger charge is -2.42. The Morgan fingerprint density at radius 1 is 1.14 bits per heavy atom. The number of aryl methyl sites for hydroxylation is 1. The number of aromatic nitrogens is 5. The van der Waals surface area contributed by atoms with Gasteiger partial charge in [0, 0.05) is 42.6 Å². The molecular weight excluding hydrogens is 577 g/mol. The van der Waals surface area contributed by atoms with Crippen molar-refractivity contribution in [3.8, 4) is 16.9 Å². The Morgan fingerprint density at radius 2 is 1.83 bits per heavy atom. The Labute approximate surface area is 240 Å². The van der Waals surface area contributed by atoms with Gasteiger partial charge in [0.05, 0.1) is 35.6 Å². The molecule has 2 aliphatic rings. The number of hydrogen-bond donors (Lipinski definition) is 3. The van der Waals surface area contributed by atoms with Crippen LogP contribution in [0.2, 0.25) is 0 Å². The van der Waals surface area contributed by atoms with Gasteiger partial charge < -0.3 is 15.7 Å². The van der Waals surface area contributed by atoms with Gasteiger partial charge in [-0.3, -0.25) is 4.79 Å². The fraction of sp³-hybridized carbons (Fsp3) is 0.500. The van der Waals surface area contributed by atoms with Crippen LogP contribution in [0.15, 0.2) is 30.7 Å². The van der Waals surface area contributed by atoms with Gasteiger partial charge in [0.1, 0.15) is 11.3 Å². The van der Waals surface area contributed by atoms with Crippen molar-refractivity contribution in [3.63, 3.8) is 0 Å². The van der Waals surface area contributed by atoms with Crippen LogP contribution in [0.4, 0.5) is 19.1 Å². The number of amides is 1. The van der Waals surface area contributed by atoms with E-state index >= 15 is 0 Å². The van der Waals surface area contributed by atoms with Crippen LogP contribution in [0.3, 0.4) is 0 Å². The summed E-state index contributed by atoms with van der Waals surface area (Å²) in [7, 11) is -3.32. The fourth-order valence-electron chi connectivity index (χ4n) is 5.31. The average Bonchev–Trinajstić information content (AvgIpc) is 3.37. The lowest BCUT2D eigenvalue weighted by atomic mass is 9.76. The molecule has 0 unspecified atom stereocenters. The highest BCUT2D eigenvalue weighted by atomic mass is 32.2. The van der Waals surface area contributed by atoms with Gasteiger partial charge in [-0.25, -0.2) is 32.4 Å². The lowest BCUT2D eigenvalue weighted by Crippen LogP contribution is -2.57. The zero-order valence-electron chi connectivity index (χ0n) is 23.2. The van der Waals surface area contributed by atoms with Crippen LogP contribution in [0.25, 0.3) is 16.9 Å². The van der Waals surface area contributed by atoms with E-state index in [1.807, 2.05) is 6.92 Å². The molecule has 1 saturated carbocycles. The summed E-state index contributed by atoms with van der Waals surface area (Å²) in [5.41, 5.74) is -0.749. The van der Waals surface area contributed by atoms with Gasteiger partial charge in [-0.2, -0.15) is 18.3 Å². The molecule has 2 fully saturated rings. The minimum atomic E-state index is -4.73. The first-order valence-electron chi connectivity index (χ1n) is 13.3. The maximum Gasteiger partial charge on any atom is 0.419 e. The number of nitrogens with one attached hydrogen (secondary N) is 2. The SMILES string of the molecule is Cc1nc(C(=O)N[C@]2(C)C[C@H](O)C2)ccc1-n1cc(-c2nc(NC3CCN(S(C)(=O)=O)CC3)ncc2C(F)(F)F)cn1. The van der Waals surface area contributed by atoms with Crippen LogP contribution in [-0.4, -0.2) is 85.5 Å². The summed E-state index contributed by atoms with van der Waals surface area (Å²) in [6, 6.07) is 2.89. The molecule has 16 heteroatoms. The summed E-state index contributed by atoms with van der Waals surface area (Å²) in [5.74, 6) is -0.400. The van der Waals surface area contributed by atoms with E-state index in [1.165, 1.54) is 27.4 Å². The molecule has 3 aromatic heterocycles. The highest BCUT2D eigenvalue weighted by Crippen LogP contribution is 2.36. The number of hydrogen-bond acceptors (Lipinski definition) is 9. The first-order chi connectivity index (χ1) is 19.6. The van der Waals surface area contributed by atoms with Crippen molar-refractivity contribution in [3.05, 3.63) is 47.7 Å². The fourth-order valence-corrected chi connectivity index (χ4v) is 6.19. The zero-order valence-corrected chi connectivity index (χ0v) is 24.0. The summed E-state index contributed by atoms with van der Waals surface area (Å²) < 4.78 is 68.0. The van der Waals surface area contributed by atoms with Crippen LogP contribution in [-0.2, 0) is 16.2 Å². The highest BCUT2D eigenvalue weighted by molar-refractivity contribution is 7.88. The molecule has 3 aromatic rings. The van der Waals surface area contributed by atoms with E-state index in [1.54, 1.807) is 13.0 Å². The van der Waals surface area contributed by atoms with Crippen LogP contribution in [0.5, 0.6) is 0 Å². The van der Waals surface area contributed by atoms with Crippen LogP contribution in [0, 0.1) is 6.92 Å². The molecule has 0 atom stereocenters. The Morgan fingerprint density at radius 3 is 2.43 bits per heavy atom. The molecule has 3 N–H and O–H groups in total. The molecule has 0 bridgehead atoms. The standard InChI is InChI=1S/C26H31F3N8O4S/c1-15-21(5-4-20(32-15)23(39)35-25(2)10-18(38)11-25)37-14-16(12-31-37)22-19(26(27,28)29)13-30-24(34-22)33-17-6-8-36(9-7-17)42(3,40)41/h4-5,12-14,17-18,38H,6-11H2,1-3H3,(H,35,39)(H,30,33,34)/t18-,25+. The Kier molecular flexibility index (Phi) is 7.74. The van der Waals surface area contributed by atoms with Crippen molar-refractivity contribution in [1.82, 2.24) is 34.4 Å². The molecule has 1 amide bonds. The molecule has 0 radical (unpaired) electrons. The largest absolute Gasteiger partial charge is 0.419 e. The molecule has 0 spiro atoms. The minimum absolute atomic E-state index is 0.00977. The zero-order chi connectivity index (χ0) is 30.4. The van der Waals surface area contributed by atoms with Crippen molar-refractivity contribution in [2.45, 2.75) is 63.4 Å². The van der Waals surface area contributed by atoms with Crippen molar-refractivity contribution in [2.75, 3.05) is 24.7 Å². The van der Waals surface area contributed by atoms with E-state index < -0.39 is 39.3 Å². The number of aliphatic hydroxyl groups is 1. The van der Waals surface area contributed by atoms with E-state index in [-0.39, 0.29) is 42.0 Å². The van der Waals surface area contributed by atoms with Crippen LogP contribution < -0.4 is 10.6 Å². The van der Waals surface area contributed by atoms with Gasteiger partial charge in [-0.15, -0.1) is 0 Å². The number of halogens is 3. The van der Waals surface area contributed by atoms with E-state index in [0.29, 0.717) is 37.1 Å². The normalized spacial score (nSPS) is 22.0. The second kappa shape index (κ2) is 10.9. The van der Waals surface area contributed by atoms with E-state index in [2.05, 4.69) is 30.7 Å². The number of alkyl halides is 3. The molecular formula is C26H31F3N8O4S. The van der Waals surface area contributed by atoms with Gasteiger partial charge in [0.25, 0.3) is 5.91 Å². The molecule has 1 aliphatic carbocycles. The molecule has 1 aliphatic heterocycles. The molecule has 4 heterocycles. The molecule has 12 nitrogen and oxygen atoms in total. The monoisotopic (exact) mass is 608 g/mol. The maximum absolute atomic E-state index is 13.9. The van der Waals surface area contributed by atoms with E-state index in [9.17, 15) is 31.5 Å². The minimum Gasteiger partial charge on any atom is -0.393 e. The summed E-state index contributed by atoms with van der Waals surface area (Å²) >= 11 is 0. The molecule has 5 rings (SSSR count). The van der Waals surface area contributed by atoms with Crippen molar-refractivity contribution in [2.24, 2.45) is 0 Å². The van der Waals surface area contributed by atoms with Crippen LogP contribution >= 0.6 is 0 Å². The second-order valence-electron chi connectivity index (χ2n) is 11.1. The number of rotatable bonds is 7. The number of pyridine rings is 1. The van der Waals surface area contributed by atoms with Gasteiger partial charge in [0.2, 0.25) is 16.0 Å². The number of aliphatic hydroxyl groups excluding tert-OH is 1. The molecule has 0 aromatic carbocycles. The summed E-state index contributed by atoms with van der Waals surface area (Å²) in [4.78, 5) is 25.1. The number of piperidine rings is 1. The lowest BCUT2D eigenvalue weighted by molar-refractivity contribution is -0.137. The predicted molar refractivity (Wildman–Crippen MR) is 146 cm³/mol. The first-order valence-corrected chi connectivity index (χ1v) is 15.2. The molecule has 42 heavy (non-hydrogen) atoms. The smallest absolute Gasteiger partial charge is 0.393 e. The number of carbonyl (C=O) groups is 1. The van der Waals surface area contributed by atoms with E-state index in [0.717, 1.165) is 12.5 Å². The Hall–Kier alpha value is -3.63. The summed E-state index contributed by atoms with van der Waals surface area (Å²) in [6.07, 6.45) is 1.15. The third kappa shape index (κ3) is 6.39. The number of carbonyl (C=O) groups excluding carboxylic acids is 1. The topological polar surface area (TPSA) is 155 Å². The van der Waals surface area contributed by atoms with Crippen LogP contribution in [0.1, 0.15) is 54.4 Å². The number of anilines is 1. The maximum atomic E-state index is 13.9. The van der Waals surface area contributed by atoms with Crippen molar-refractivity contribution >= 4 is 21.9 Å². The Bertz CT molecular complexity index is 1600. The summed E-state index contributed by atoms with van der Waals surface area (Å²) in [6.45, 7) is 4.07. The summed E-state index contributed by atoms with van der Waals surface area (Å²) in [5, 5.41) is 19.7. The number of sulfonamides is 1. The van der Waals surface area contributed by atoms with Gasteiger partial charge in [-0.05, 0) is 51.7 Å². The third-order valence-corrected chi connectivity index (χ3v) is 8.83.